The zero-order chi connectivity index (χ0) is 8.81. The van der Waals surface area contributed by atoms with Gasteiger partial charge in [-0.2, -0.15) is 5.26 Å². The van der Waals surface area contributed by atoms with Crippen LogP contribution in [0.1, 0.15) is 5.56 Å². The molecule has 0 radical (unpaired) electrons. The fraction of sp³-hybridized carbons (Fsp3) is 0.250. The lowest BCUT2D eigenvalue weighted by Gasteiger charge is -2.01. The Hall–Kier alpha value is -1.60. The molecule has 2 N–H and O–H groups in total. The van der Waals surface area contributed by atoms with E-state index in [0.717, 1.165) is 0 Å². The average molecular weight is 163 g/mol. The average Bonchev–Trinajstić information content (AvgIpc) is 2.15. The molecule has 0 aliphatic rings. The zero-order valence-corrected chi connectivity index (χ0v) is 6.49. The van der Waals surface area contributed by atoms with Gasteiger partial charge in [0.25, 0.3) is 0 Å². The van der Waals surface area contributed by atoms with E-state index in [-0.39, 0.29) is 6.61 Å². The second-order valence-electron chi connectivity index (χ2n) is 2.19. The molecule has 0 aromatic carbocycles. The largest absolute Gasteiger partial charge is 0.395 e. The standard InChI is InChI=1S/C8H9N3O/c9-5-7-1-2-8(11-6-7)10-3-4-12/h1-2,6,12H,3-4H2,(H,10,11). The summed E-state index contributed by atoms with van der Waals surface area (Å²) in [4.78, 5) is 3.94. The molecule has 1 aromatic heterocycles. The number of nitrogens with one attached hydrogen (secondary N) is 1. The van der Waals surface area contributed by atoms with E-state index in [1.807, 2.05) is 6.07 Å². The Morgan fingerprint density at radius 3 is 2.92 bits per heavy atom. The lowest BCUT2D eigenvalue weighted by Crippen LogP contribution is -2.06. The van der Waals surface area contributed by atoms with Crippen LogP contribution in [0.5, 0.6) is 0 Å². The van der Waals surface area contributed by atoms with Gasteiger partial charge in [0.1, 0.15) is 11.9 Å². The molecule has 0 bridgehead atoms. The number of aliphatic hydroxyl groups excluding tert-OH is 1. The highest BCUT2D eigenvalue weighted by atomic mass is 16.3. The summed E-state index contributed by atoms with van der Waals surface area (Å²) >= 11 is 0. The molecule has 0 aliphatic carbocycles. The minimum absolute atomic E-state index is 0.0711. The topological polar surface area (TPSA) is 68.9 Å². The molecule has 0 atom stereocenters. The molecule has 0 fully saturated rings. The molecule has 0 aliphatic heterocycles. The maximum absolute atomic E-state index is 8.49. The molecule has 12 heavy (non-hydrogen) atoms. The smallest absolute Gasteiger partial charge is 0.126 e. The number of anilines is 1. The highest BCUT2D eigenvalue weighted by Crippen LogP contribution is 2.02. The summed E-state index contributed by atoms with van der Waals surface area (Å²) in [5.74, 6) is 0.669. The van der Waals surface area contributed by atoms with Crippen molar-refractivity contribution in [3.8, 4) is 6.07 Å². The SMILES string of the molecule is N#Cc1ccc(NCCO)nc1. The van der Waals surface area contributed by atoms with E-state index in [1.54, 1.807) is 12.1 Å². The van der Waals surface area contributed by atoms with E-state index in [9.17, 15) is 0 Å². The van der Waals surface area contributed by atoms with Gasteiger partial charge in [-0.1, -0.05) is 0 Å². The van der Waals surface area contributed by atoms with Crippen LogP contribution in [0.2, 0.25) is 0 Å². The Bertz CT molecular complexity index is 275. The van der Waals surface area contributed by atoms with Crippen LogP contribution in [0.3, 0.4) is 0 Å². The van der Waals surface area contributed by atoms with Gasteiger partial charge in [0.15, 0.2) is 0 Å². The first-order valence-electron chi connectivity index (χ1n) is 3.57. The molecule has 1 aromatic rings. The van der Waals surface area contributed by atoms with Crippen molar-refractivity contribution in [1.82, 2.24) is 4.98 Å². The molecule has 0 unspecified atom stereocenters. The van der Waals surface area contributed by atoms with E-state index >= 15 is 0 Å². The number of nitriles is 1. The van der Waals surface area contributed by atoms with Crippen LogP contribution in [0, 0.1) is 11.3 Å². The fourth-order valence-electron chi connectivity index (χ4n) is 0.749. The van der Waals surface area contributed by atoms with Gasteiger partial charge in [-0.3, -0.25) is 0 Å². The third-order valence-electron chi connectivity index (χ3n) is 1.31. The molecule has 0 saturated carbocycles. The summed E-state index contributed by atoms with van der Waals surface area (Å²) in [6, 6.07) is 5.35. The van der Waals surface area contributed by atoms with Crippen molar-refractivity contribution in [3.05, 3.63) is 23.9 Å². The number of aliphatic hydroxyl groups is 1. The van der Waals surface area contributed by atoms with E-state index in [4.69, 9.17) is 10.4 Å². The predicted molar refractivity (Wildman–Crippen MR) is 44.5 cm³/mol. The Balaban J connectivity index is 2.60. The van der Waals surface area contributed by atoms with E-state index < -0.39 is 0 Å². The molecular weight excluding hydrogens is 154 g/mol. The van der Waals surface area contributed by atoms with Crippen LogP contribution in [0.4, 0.5) is 5.82 Å². The van der Waals surface area contributed by atoms with Gasteiger partial charge in [0.05, 0.1) is 12.2 Å². The number of hydrogen-bond donors (Lipinski definition) is 2. The Morgan fingerprint density at radius 2 is 2.42 bits per heavy atom. The van der Waals surface area contributed by atoms with Crippen molar-refractivity contribution >= 4 is 5.82 Å². The van der Waals surface area contributed by atoms with Crippen molar-refractivity contribution in [2.24, 2.45) is 0 Å². The minimum atomic E-state index is 0.0711. The molecule has 1 heterocycles. The third kappa shape index (κ3) is 2.22. The lowest BCUT2D eigenvalue weighted by atomic mass is 10.3. The van der Waals surface area contributed by atoms with Crippen LogP contribution >= 0.6 is 0 Å². The van der Waals surface area contributed by atoms with Crippen LogP contribution in [0.25, 0.3) is 0 Å². The van der Waals surface area contributed by atoms with Crippen LogP contribution in [-0.2, 0) is 0 Å². The van der Waals surface area contributed by atoms with Crippen LogP contribution in [-0.4, -0.2) is 23.2 Å². The number of nitrogens with zero attached hydrogens (tertiary/aromatic N) is 2. The lowest BCUT2D eigenvalue weighted by molar-refractivity contribution is 0.311. The molecular formula is C8H9N3O. The first-order valence-corrected chi connectivity index (χ1v) is 3.57. The summed E-state index contributed by atoms with van der Waals surface area (Å²) in [5.41, 5.74) is 0.532. The quantitative estimate of drug-likeness (QED) is 0.675. The van der Waals surface area contributed by atoms with Gasteiger partial charge in [-0.05, 0) is 12.1 Å². The monoisotopic (exact) mass is 163 g/mol. The summed E-state index contributed by atoms with van der Waals surface area (Å²) < 4.78 is 0. The van der Waals surface area contributed by atoms with Gasteiger partial charge in [0, 0.05) is 12.7 Å². The van der Waals surface area contributed by atoms with E-state index in [1.165, 1.54) is 6.20 Å². The van der Waals surface area contributed by atoms with Crippen molar-refractivity contribution in [2.75, 3.05) is 18.5 Å². The highest BCUT2D eigenvalue weighted by molar-refractivity contribution is 5.38. The summed E-state index contributed by atoms with van der Waals surface area (Å²) in [7, 11) is 0. The second kappa shape index (κ2) is 4.31. The van der Waals surface area contributed by atoms with Gasteiger partial charge in [-0.25, -0.2) is 4.98 Å². The van der Waals surface area contributed by atoms with Crippen molar-refractivity contribution < 1.29 is 5.11 Å². The Kier molecular flexibility index (Phi) is 3.05. The van der Waals surface area contributed by atoms with E-state index in [2.05, 4.69) is 10.3 Å². The number of hydrogen-bond acceptors (Lipinski definition) is 4. The van der Waals surface area contributed by atoms with Gasteiger partial charge in [0.2, 0.25) is 0 Å². The van der Waals surface area contributed by atoms with Crippen LogP contribution < -0.4 is 5.32 Å². The Labute approximate surface area is 70.5 Å². The maximum Gasteiger partial charge on any atom is 0.126 e. The number of rotatable bonds is 3. The molecule has 4 nitrogen and oxygen atoms in total. The zero-order valence-electron chi connectivity index (χ0n) is 6.49. The third-order valence-corrected chi connectivity index (χ3v) is 1.31. The second-order valence-corrected chi connectivity index (χ2v) is 2.19. The van der Waals surface area contributed by atoms with Gasteiger partial charge in [-0.15, -0.1) is 0 Å². The molecule has 0 saturated heterocycles. The number of pyridine rings is 1. The van der Waals surface area contributed by atoms with Crippen molar-refractivity contribution in [2.45, 2.75) is 0 Å². The minimum Gasteiger partial charge on any atom is -0.395 e. The summed E-state index contributed by atoms with van der Waals surface area (Å²) in [5, 5.41) is 19.8. The Morgan fingerprint density at radius 1 is 1.58 bits per heavy atom. The van der Waals surface area contributed by atoms with Crippen molar-refractivity contribution in [3.63, 3.8) is 0 Å². The van der Waals surface area contributed by atoms with E-state index in [0.29, 0.717) is 17.9 Å². The number of aromatic nitrogens is 1. The molecule has 0 spiro atoms. The fourth-order valence-corrected chi connectivity index (χ4v) is 0.749. The molecule has 62 valence electrons. The molecule has 4 heteroatoms. The predicted octanol–water partition coefficient (Wildman–Crippen LogP) is 0.357. The maximum atomic E-state index is 8.49. The van der Waals surface area contributed by atoms with Crippen molar-refractivity contribution in [1.29, 1.82) is 5.26 Å². The van der Waals surface area contributed by atoms with Gasteiger partial charge < -0.3 is 10.4 Å². The highest BCUT2D eigenvalue weighted by Gasteiger charge is 1.92. The summed E-state index contributed by atoms with van der Waals surface area (Å²) in [6.45, 7) is 0.542. The molecule has 1 rings (SSSR count). The molecule has 0 amide bonds. The van der Waals surface area contributed by atoms with Gasteiger partial charge >= 0.3 is 0 Å². The normalized spacial score (nSPS) is 9.00. The summed E-state index contributed by atoms with van der Waals surface area (Å²) in [6.07, 6.45) is 1.49. The van der Waals surface area contributed by atoms with Crippen LogP contribution in [0.15, 0.2) is 18.3 Å². The first-order chi connectivity index (χ1) is 5.86. The first kappa shape index (κ1) is 8.50.